The zero-order valence-electron chi connectivity index (χ0n) is 17.9. The fourth-order valence-corrected chi connectivity index (χ4v) is 4.86. The molecule has 0 aliphatic carbocycles. The molecule has 1 amide bonds. The van der Waals surface area contributed by atoms with Crippen molar-refractivity contribution in [1.82, 2.24) is 14.7 Å². The minimum atomic E-state index is -2.80. The molecule has 0 radical (unpaired) electrons. The minimum Gasteiger partial charge on any atom is -0.336 e. The third-order valence-corrected chi connectivity index (χ3v) is 6.57. The second-order valence-electron chi connectivity index (χ2n) is 8.69. The van der Waals surface area contributed by atoms with Gasteiger partial charge in [0.2, 0.25) is 5.91 Å². The molecule has 158 valence electrons. The first-order valence-electron chi connectivity index (χ1n) is 10.9. The Kier molecular flexibility index (Phi) is 8.05. The lowest BCUT2D eigenvalue weighted by Gasteiger charge is -2.46. The second-order valence-corrected chi connectivity index (χ2v) is 8.69. The summed E-state index contributed by atoms with van der Waals surface area (Å²) in [5.74, 6) is -1.68. The van der Waals surface area contributed by atoms with Gasteiger partial charge in [0.05, 0.1) is 18.5 Å². The number of alkyl halides is 2. The van der Waals surface area contributed by atoms with Gasteiger partial charge in [-0.25, -0.2) is 8.78 Å². The molecular weight excluding hydrogens is 348 g/mol. The molecule has 3 saturated heterocycles. The van der Waals surface area contributed by atoms with Crippen LogP contribution in [0, 0.1) is 17.8 Å². The molecule has 2 atom stereocenters. The Hall–Kier alpha value is -0.750. The van der Waals surface area contributed by atoms with Crippen LogP contribution >= 0.6 is 0 Å². The number of hydrogen-bond acceptors (Lipinski definition) is 3. The van der Waals surface area contributed by atoms with Crippen LogP contribution in [0.25, 0.3) is 0 Å². The first kappa shape index (κ1) is 22.5. The number of hydrogen-bond donors (Lipinski definition) is 0. The van der Waals surface area contributed by atoms with E-state index in [9.17, 15) is 13.6 Å². The summed E-state index contributed by atoms with van der Waals surface area (Å²) in [5, 5.41) is 0. The summed E-state index contributed by atoms with van der Waals surface area (Å²) < 4.78 is 29.7. The van der Waals surface area contributed by atoms with Crippen LogP contribution in [0.4, 0.5) is 8.78 Å². The molecule has 0 aromatic carbocycles. The monoisotopic (exact) mass is 387 g/mol. The summed E-state index contributed by atoms with van der Waals surface area (Å²) in [7, 11) is 1.98. The Balaban J connectivity index is 0.00000126. The van der Waals surface area contributed by atoms with E-state index >= 15 is 0 Å². The molecule has 3 fully saturated rings. The summed E-state index contributed by atoms with van der Waals surface area (Å²) in [6, 6.07) is -0.698. The number of nitrogens with zero attached hydrogens (tertiary/aromatic N) is 3. The van der Waals surface area contributed by atoms with Gasteiger partial charge in [-0.3, -0.25) is 9.69 Å². The van der Waals surface area contributed by atoms with E-state index in [1.807, 2.05) is 25.8 Å². The molecule has 0 aromatic heterocycles. The Morgan fingerprint density at radius 1 is 1.00 bits per heavy atom. The summed E-state index contributed by atoms with van der Waals surface area (Å²) in [6.07, 6.45) is 3.22. The van der Waals surface area contributed by atoms with Gasteiger partial charge in [0.15, 0.2) is 0 Å². The molecule has 0 spiro atoms. The van der Waals surface area contributed by atoms with Crippen molar-refractivity contribution in [1.29, 1.82) is 0 Å². The molecular formula is C21H39F2N3O. The van der Waals surface area contributed by atoms with Gasteiger partial charge in [-0.15, -0.1) is 0 Å². The first-order valence-corrected chi connectivity index (χ1v) is 10.9. The first-order chi connectivity index (χ1) is 12.8. The van der Waals surface area contributed by atoms with Crippen molar-refractivity contribution >= 4 is 5.91 Å². The number of likely N-dealkylation sites (tertiary alicyclic amines) is 3. The van der Waals surface area contributed by atoms with E-state index < -0.39 is 18.5 Å². The highest BCUT2D eigenvalue weighted by molar-refractivity contribution is 5.79. The van der Waals surface area contributed by atoms with Crippen LogP contribution < -0.4 is 0 Å². The number of rotatable bonds is 3. The molecule has 0 bridgehead atoms. The number of piperidine rings is 2. The molecule has 27 heavy (non-hydrogen) atoms. The Labute approximate surface area is 164 Å². The predicted molar refractivity (Wildman–Crippen MR) is 106 cm³/mol. The van der Waals surface area contributed by atoms with E-state index in [1.165, 1.54) is 4.90 Å². The SMILES string of the molecule is CC.CC(C)C1CCN(C2CCN(C(=O)C3CCN(C)C3)CC2(F)F)CC1. The van der Waals surface area contributed by atoms with Crippen LogP contribution in [0.1, 0.15) is 53.4 Å². The van der Waals surface area contributed by atoms with Gasteiger partial charge >= 0.3 is 0 Å². The maximum Gasteiger partial charge on any atom is 0.280 e. The van der Waals surface area contributed by atoms with Gasteiger partial charge in [-0.2, -0.15) is 0 Å². The molecule has 0 N–H and O–H groups in total. The Morgan fingerprint density at radius 3 is 2.11 bits per heavy atom. The topological polar surface area (TPSA) is 26.8 Å². The van der Waals surface area contributed by atoms with E-state index in [0.717, 1.165) is 38.9 Å². The molecule has 3 aliphatic rings. The number of carbonyl (C=O) groups excluding carboxylic acids is 1. The molecule has 6 heteroatoms. The minimum absolute atomic E-state index is 0.0685. The van der Waals surface area contributed by atoms with E-state index in [0.29, 0.717) is 31.3 Å². The highest BCUT2D eigenvalue weighted by Crippen LogP contribution is 2.35. The van der Waals surface area contributed by atoms with Gasteiger partial charge in [0.1, 0.15) is 0 Å². The summed E-state index contributed by atoms with van der Waals surface area (Å²) in [5.41, 5.74) is 0. The molecule has 2 unspecified atom stereocenters. The summed E-state index contributed by atoms with van der Waals surface area (Å²) in [4.78, 5) is 18.1. The van der Waals surface area contributed by atoms with Gasteiger partial charge in [0, 0.05) is 13.1 Å². The highest BCUT2D eigenvalue weighted by atomic mass is 19.3. The second kappa shape index (κ2) is 9.64. The van der Waals surface area contributed by atoms with Crippen molar-refractivity contribution < 1.29 is 13.6 Å². The van der Waals surface area contributed by atoms with Crippen molar-refractivity contribution in [3.8, 4) is 0 Å². The van der Waals surface area contributed by atoms with E-state index in [1.54, 1.807) is 0 Å². The van der Waals surface area contributed by atoms with Crippen molar-refractivity contribution in [2.75, 3.05) is 46.3 Å². The third-order valence-electron chi connectivity index (χ3n) is 6.57. The average molecular weight is 388 g/mol. The van der Waals surface area contributed by atoms with E-state index in [2.05, 4.69) is 18.7 Å². The van der Waals surface area contributed by atoms with Gasteiger partial charge < -0.3 is 9.80 Å². The highest BCUT2D eigenvalue weighted by Gasteiger charge is 2.49. The van der Waals surface area contributed by atoms with Gasteiger partial charge in [0.25, 0.3) is 5.92 Å². The molecule has 3 aliphatic heterocycles. The van der Waals surface area contributed by atoms with Crippen LogP contribution in [0.15, 0.2) is 0 Å². The quantitative estimate of drug-likeness (QED) is 0.741. The third kappa shape index (κ3) is 5.41. The fourth-order valence-electron chi connectivity index (χ4n) is 4.86. The van der Waals surface area contributed by atoms with Gasteiger partial charge in [-0.1, -0.05) is 27.7 Å². The normalized spacial score (nSPS) is 30.3. The number of carbonyl (C=O) groups is 1. The Morgan fingerprint density at radius 2 is 1.63 bits per heavy atom. The zero-order valence-corrected chi connectivity index (χ0v) is 17.9. The van der Waals surface area contributed by atoms with Crippen molar-refractivity contribution in [2.24, 2.45) is 17.8 Å². The lowest BCUT2D eigenvalue weighted by Crippen LogP contribution is -2.61. The predicted octanol–water partition coefficient (Wildman–Crippen LogP) is 3.57. The maximum atomic E-state index is 14.8. The molecule has 0 aromatic rings. The zero-order chi connectivity index (χ0) is 20.2. The molecule has 3 heterocycles. The average Bonchev–Trinajstić information content (AvgIpc) is 3.08. The number of halogens is 2. The van der Waals surface area contributed by atoms with Crippen molar-refractivity contribution in [3.05, 3.63) is 0 Å². The van der Waals surface area contributed by atoms with Crippen molar-refractivity contribution in [2.45, 2.75) is 65.3 Å². The van der Waals surface area contributed by atoms with Crippen molar-refractivity contribution in [3.63, 3.8) is 0 Å². The van der Waals surface area contributed by atoms with Crippen LogP contribution in [-0.4, -0.2) is 78.9 Å². The van der Waals surface area contributed by atoms with Crippen LogP contribution in [0.2, 0.25) is 0 Å². The standard InChI is InChI=1S/C19H33F2N3O.C2H6/c1-14(2)15-5-9-23(10-6-15)17-7-11-24(13-19(17,20)21)18(25)16-4-8-22(3)12-16;1-2/h14-17H,4-13H2,1-3H3;1-2H3. The Bertz CT molecular complexity index is 478. The summed E-state index contributed by atoms with van der Waals surface area (Å²) in [6.45, 7) is 11.6. The largest absolute Gasteiger partial charge is 0.336 e. The van der Waals surface area contributed by atoms with Crippen LogP contribution in [0.3, 0.4) is 0 Å². The molecule has 0 saturated carbocycles. The van der Waals surface area contributed by atoms with Crippen LogP contribution in [-0.2, 0) is 4.79 Å². The molecule has 4 nitrogen and oxygen atoms in total. The van der Waals surface area contributed by atoms with E-state index in [4.69, 9.17) is 0 Å². The lowest BCUT2D eigenvalue weighted by molar-refractivity contribution is -0.159. The maximum absolute atomic E-state index is 14.8. The van der Waals surface area contributed by atoms with Crippen LogP contribution in [0.5, 0.6) is 0 Å². The number of amides is 1. The smallest absolute Gasteiger partial charge is 0.280 e. The fraction of sp³-hybridized carbons (Fsp3) is 0.952. The van der Waals surface area contributed by atoms with E-state index in [-0.39, 0.29) is 11.8 Å². The lowest BCUT2D eigenvalue weighted by atomic mass is 9.85. The van der Waals surface area contributed by atoms with Gasteiger partial charge in [-0.05, 0) is 64.2 Å². The summed E-state index contributed by atoms with van der Waals surface area (Å²) >= 11 is 0. The molecule has 3 rings (SSSR count).